The zero-order chi connectivity index (χ0) is 15.2. The van der Waals surface area contributed by atoms with Gasteiger partial charge in [-0.25, -0.2) is 0 Å². The van der Waals surface area contributed by atoms with Crippen LogP contribution in [-0.2, 0) is 6.54 Å². The Hall–Kier alpha value is -1.13. The number of nitrogens with two attached hydrogens (primary N) is 1. The van der Waals surface area contributed by atoms with E-state index in [1.807, 2.05) is 0 Å². The second-order valence-corrected chi connectivity index (χ2v) is 5.51. The third-order valence-electron chi connectivity index (χ3n) is 2.73. The quantitative estimate of drug-likeness (QED) is 0.780. The van der Waals surface area contributed by atoms with E-state index in [-0.39, 0.29) is 0 Å². The summed E-state index contributed by atoms with van der Waals surface area (Å²) >= 11 is 17.7. The number of hydrogen-bond donors (Lipinski definition) is 1. The Kier molecular flexibility index (Phi) is 6.00. The molecule has 0 aromatic heterocycles. The monoisotopic (exact) mass is 345 g/mol. The lowest BCUT2D eigenvalue weighted by molar-refractivity contribution is 0.216. The smallest absolute Gasteiger partial charge is 0.138 e. The minimum atomic E-state index is 0.355. The molecule has 0 bridgehead atoms. The first-order chi connectivity index (χ1) is 10.1. The molecule has 0 unspecified atom stereocenters. The van der Waals surface area contributed by atoms with Crippen molar-refractivity contribution in [2.45, 2.75) is 6.54 Å². The maximum absolute atomic E-state index is 6.01. The normalized spacial score (nSPS) is 10.5. The lowest BCUT2D eigenvalue weighted by Crippen LogP contribution is -2.11. The highest BCUT2D eigenvalue weighted by Gasteiger charge is 2.05. The van der Waals surface area contributed by atoms with Crippen LogP contribution in [0.3, 0.4) is 0 Å². The molecular weight excluding hydrogens is 333 g/mol. The van der Waals surface area contributed by atoms with Crippen LogP contribution in [0.4, 0.5) is 0 Å². The summed E-state index contributed by atoms with van der Waals surface area (Å²) in [5.41, 5.74) is 6.50. The van der Waals surface area contributed by atoms with E-state index in [0.717, 1.165) is 5.56 Å². The van der Waals surface area contributed by atoms with Gasteiger partial charge in [0.2, 0.25) is 0 Å². The van der Waals surface area contributed by atoms with Gasteiger partial charge in [-0.3, -0.25) is 0 Å². The fraction of sp³-hybridized carbons (Fsp3) is 0.200. The van der Waals surface area contributed by atoms with Gasteiger partial charge >= 0.3 is 0 Å². The number of halogens is 3. The fourth-order valence-electron chi connectivity index (χ4n) is 1.74. The summed E-state index contributed by atoms with van der Waals surface area (Å²) in [6, 6.07) is 10.4. The van der Waals surface area contributed by atoms with Crippen LogP contribution in [-0.4, -0.2) is 13.2 Å². The summed E-state index contributed by atoms with van der Waals surface area (Å²) in [7, 11) is 0. The third kappa shape index (κ3) is 4.68. The van der Waals surface area contributed by atoms with Gasteiger partial charge in [-0.05, 0) is 36.4 Å². The van der Waals surface area contributed by atoms with E-state index < -0.39 is 0 Å². The Labute approximate surface area is 138 Å². The molecule has 0 aliphatic rings. The number of hydrogen-bond acceptors (Lipinski definition) is 3. The van der Waals surface area contributed by atoms with Crippen molar-refractivity contribution >= 4 is 34.8 Å². The van der Waals surface area contributed by atoms with Crippen LogP contribution >= 0.6 is 34.8 Å². The molecule has 0 saturated carbocycles. The van der Waals surface area contributed by atoms with Crippen molar-refractivity contribution < 1.29 is 9.47 Å². The van der Waals surface area contributed by atoms with Crippen LogP contribution < -0.4 is 15.2 Å². The molecule has 0 amide bonds. The van der Waals surface area contributed by atoms with Crippen LogP contribution in [0, 0.1) is 0 Å². The van der Waals surface area contributed by atoms with Gasteiger partial charge in [0.15, 0.2) is 0 Å². The largest absolute Gasteiger partial charge is 0.490 e. The molecule has 3 nitrogen and oxygen atoms in total. The van der Waals surface area contributed by atoms with Gasteiger partial charge in [0, 0.05) is 22.2 Å². The maximum atomic E-state index is 6.01. The molecular formula is C15H14Cl3NO2. The highest BCUT2D eigenvalue weighted by molar-refractivity contribution is 6.35. The SMILES string of the molecule is NCc1cc(Cl)ccc1OCCOc1ccc(Cl)cc1Cl. The lowest BCUT2D eigenvalue weighted by atomic mass is 10.2. The minimum Gasteiger partial charge on any atom is -0.490 e. The molecule has 2 N–H and O–H groups in total. The van der Waals surface area contributed by atoms with Gasteiger partial charge in [0.05, 0.1) is 5.02 Å². The van der Waals surface area contributed by atoms with Crippen molar-refractivity contribution in [1.29, 1.82) is 0 Å². The van der Waals surface area contributed by atoms with Crippen molar-refractivity contribution in [3.8, 4) is 11.5 Å². The van der Waals surface area contributed by atoms with Crippen molar-refractivity contribution in [2.75, 3.05) is 13.2 Å². The molecule has 6 heteroatoms. The van der Waals surface area contributed by atoms with Gasteiger partial charge in [-0.15, -0.1) is 0 Å². The van der Waals surface area contributed by atoms with E-state index in [1.165, 1.54) is 0 Å². The van der Waals surface area contributed by atoms with Gasteiger partial charge in [0.1, 0.15) is 24.7 Å². The molecule has 0 heterocycles. The van der Waals surface area contributed by atoms with Crippen molar-refractivity contribution in [2.24, 2.45) is 5.73 Å². The average molecular weight is 347 g/mol. The van der Waals surface area contributed by atoms with Gasteiger partial charge in [-0.2, -0.15) is 0 Å². The first kappa shape index (κ1) is 16.2. The highest BCUT2D eigenvalue weighted by Crippen LogP contribution is 2.27. The van der Waals surface area contributed by atoms with Gasteiger partial charge in [0.25, 0.3) is 0 Å². The fourth-order valence-corrected chi connectivity index (χ4v) is 2.40. The van der Waals surface area contributed by atoms with Gasteiger partial charge < -0.3 is 15.2 Å². The molecule has 0 fully saturated rings. The molecule has 0 aliphatic heterocycles. The molecule has 0 spiro atoms. The first-order valence-electron chi connectivity index (χ1n) is 6.29. The zero-order valence-electron chi connectivity index (χ0n) is 11.1. The Morgan fingerprint density at radius 2 is 1.38 bits per heavy atom. The molecule has 0 radical (unpaired) electrons. The number of ether oxygens (including phenoxy) is 2. The van der Waals surface area contributed by atoms with Crippen LogP contribution in [0.1, 0.15) is 5.56 Å². The molecule has 0 saturated heterocycles. The predicted octanol–water partition coefficient (Wildman–Crippen LogP) is 4.56. The van der Waals surface area contributed by atoms with Gasteiger partial charge in [-0.1, -0.05) is 34.8 Å². The summed E-state index contributed by atoms with van der Waals surface area (Å²) in [5.74, 6) is 1.27. The number of rotatable bonds is 6. The topological polar surface area (TPSA) is 44.5 Å². The molecule has 0 aliphatic carbocycles. The average Bonchev–Trinajstić information content (AvgIpc) is 2.46. The molecule has 2 aromatic rings. The molecule has 21 heavy (non-hydrogen) atoms. The van der Waals surface area contributed by atoms with E-state index in [1.54, 1.807) is 36.4 Å². The number of benzene rings is 2. The lowest BCUT2D eigenvalue weighted by Gasteiger charge is -2.12. The minimum absolute atomic E-state index is 0.355. The van der Waals surface area contributed by atoms with Crippen molar-refractivity contribution in [3.05, 3.63) is 57.0 Å². The highest BCUT2D eigenvalue weighted by atomic mass is 35.5. The second kappa shape index (κ2) is 7.76. The summed E-state index contributed by atoms with van der Waals surface area (Å²) in [6.45, 7) is 1.08. The maximum Gasteiger partial charge on any atom is 0.138 e. The molecule has 0 atom stereocenters. The van der Waals surface area contributed by atoms with Crippen LogP contribution in [0.5, 0.6) is 11.5 Å². The molecule has 2 rings (SSSR count). The van der Waals surface area contributed by atoms with Crippen LogP contribution in [0.25, 0.3) is 0 Å². The van der Waals surface area contributed by atoms with E-state index in [0.29, 0.717) is 46.3 Å². The second-order valence-electron chi connectivity index (χ2n) is 4.23. The Balaban J connectivity index is 1.87. The predicted molar refractivity (Wildman–Crippen MR) is 86.8 cm³/mol. The van der Waals surface area contributed by atoms with Crippen LogP contribution in [0.15, 0.2) is 36.4 Å². The standard InChI is InChI=1S/C15H14Cl3NO2/c16-11-1-3-14(10(7-11)9-19)20-5-6-21-15-4-2-12(17)8-13(15)18/h1-4,7-8H,5-6,9,19H2. The first-order valence-corrected chi connectivity index (χ1v) is 7.42. The summed E-state index contributed by atoms with van der Waals surface area (Å²) in [5, 5.41) is 1.67. The molecule has 2 aromatic carbocycles. The summed E-state index contributed by atoms with van der Waals surface area (Å²) in [4.78, 5) is 0. The van der Waals surface area contributed by atoms with E-state index in [2.05, 4.69) is 0 Å². The molecule has 112 valence electrons. The van der Waals surface area contributed by atoms with E-state index in [9.17, 15) is 0 Å². The van der Waals surface area contributed by atoms with Crippen molar-refractivity contribution in [1.82, 2.24) is 0 Å². The third-order valence-corrected chi connectivity index (χ3v) is 3.50. The zero-order valence-corrected chi connectivity index (χ0v) is 13.4. The van der Waals surface area contributed by atoms with Crippen LogP contribution in [0.2, 0.25) is 15.1 Å². The van der Waals surface area contributed by atoms with Crippen molar-refractivity contribution in [3.63, 3.8) is 0 Å². The Morgan fingerprint density at radius 3 is 2.00 bits per heavy atom. The van der Waals surface area contributed by atoms with E-state index in [4.69, 9.17) is 50.0 Å². The Morgan fingerprint density at radius 1 is 0.810 bits per heavy atom. The van der Waals surface area contributed by atoms with E-state index >= 15 is 0 Å². The summed E-state index contributed by atoms with van der Waals surface area (Å²) < 4.78 is 11.2. The Bertz CT molecular complexity index is 620. The summed E-state index contributed by atoms with van der Waals surface area (Å²) in [6.07, 6.45) is 0.